The Hall–Kier alpha value is -2.25. The van der Waals surface area contributed by atoms with Crippen molar-refractivity contribution in [2.75, 3.05) is 16.8 Å². The lowest BCUT2D eigenvalue weighted by atomic mass is 10.0. The van der Waals surface area contributed by atoms with Gasteiger partial charge in [0.1, 0.15) is 0 Å². The summed E-state index contributed by atoms with van der Waals surface area (Å²) in [7, 11) is -3.21. The van der Waals surface area contributed by atoms with Gasteiger partial charge in [-0.15, -0.1) is 12.6 Å². The molecule has 5 nitrogen and oxygen atoms in total. The van der Waals surface area contributed by atoms with Gasteiger partial charge >= 0.3 is 0 Å². The van der Waals surface area contributed by atoms with Crippen LogP contribution in [-0.2, 0) is 16.3 Å². The van der Waals surface area contributed by atoms with Crippen molar-refractivity contribution >= 4 is 50.4 Å². The molecule has 0 aliphatic carbocycles. The maximum Gasteiger partial charge on any atom is 0.179 e. The lowest BCUT2D eigenvalue weighted by molar-refractivity contribution is 0.600. The van der Waals surface area contributed by atoms with Gasteiger partial charge in [0.25, 0.3) is 0 Å². The van der Waals surface area contributed by atoms with Gasteiger partial charge in [-0.3, -0.25) is 4.98 Å². The van der Waals surface area contributed by atoms with Crippen LogP contribution in [0, 0.1) is 0 Å². The maximum atomic E-state index is 12.2. The highest BCUT2D eigenvalue weighted by molar-refractivity contribution is 7.91. The largest absolute Gasteiger partial charge is 0.396 e. The summed E-state index contributed by atoms with van der Waals surface area (Å²) in [4.78, 5) is 5.60. The molecule has 1 aliphatic heterocycles. The third-order valence-electron chi connectivity index (χ3n) is 4.22. The molecule has 0 unspecified atom stereocenters. The van der Waals surface area contributed by atoms with Gasteiger partial charge in [0.15, 0.2) is 9.84 Å². The highest BCUT2D eigenvalue weighted by atomic mass is 32.2. The number of rotatable bonds is 2. The Bertz CT molecular complexity index is 1060. The number of nitrogens with zero attached hydrogens (tertiary/aromatic N) is 1. The van der Waals surface area contributed by atoms with E-state index in [0.29, 0.717) is 22.7 Å². The maximum absolute atomic E-state index is 12.2. The third kappa shape index (κ3) is 2.40. The lowest BCUT2D eigenvalue weighted by Gasteiger charge is -2.15. The third-order valence-corrected chi connectivity index (χ3v) is 6.31. The van der Waals surface area contributed by atoms with Crippen LogP contribution >= 0.6 is 12.6 Å². The van der Waals surface area contributed by atoms with Crippen molar-refractivity contribution in [3.8, 4) is 0 Å². The number of sulfone groups is 1. The van der Waals surface area contributed by atoms with Crippen molar-refractivity contribution in [2.24, 2.45) is 0 Å². The molecule has 2 heterocycles. The summed E-state index contributed by atoms with van der Waals surface area (Å²) >= 11 is 4.28. The molecule has 0 bridgehead atoms. The van der Waals surface area contributed by atoms with Gasteiger partial charge in [-0.05, 0) is 48.4 Å². The van der Waals surface area contributed by atoms with Crippen LogP contribution in [0.3, 0.4) is 0 Å². The Morgan fingerprint density at radius 3 is 2.62 bits per heavy atom. The number of aromatic nitrogens is 1. The highest BCUT2D eigenvalue weighted by Gasteiger charge is 2.29. The molecule has 2 aromatic carbocycles. The van der Waals surface area contributed by atoms with Crippen LogP contribution in [0.2, 0.25) is 0 Å². The van der Waals surface area contributed by atoms with Crippen LogP contribution in [0.4, 0.5) is 17.1 Å². The molecular weight excluding hydrogens is 342 g/mol. The van der Waals surface area contributed by atoms with E-state index in [2.05, 4.69) is 22.9 Å². The number of hydrogen-bond donors (Lipinski definition) is 3. The second-order valence-electron chi connectivity index (χ2n) is 5.77. The lowest BCUT2D eigenvalue weighted by Crippen LogP contribution is -2.01. The number of anilines is 3. The number of nitrogens with one attached hydrogen (secondary N) is 1. The fourth-order valence-electron chi connectivity index (χ4n) is 3.06. The van der Waals surface area contributed by atoms with Crippen LogP contribution < -0.4 is 11.1 Å². The SMILES string of the molecule is Nc1cnc2ccc3c(c2c1Nc1ccc(S)cc1)CCS3(=O)=O. The van der Waals surface area contributed by atoms with E-state index >= 15 is 0 Å². The number of fused-ring (bicyclic) bond motifs is 3. The molecule has 0 atom stereocenters. The molecule has 122 valence electrons. The van der Waals surface area contributed by atoms with E-state index in [1.807, 2.05) is 24.3 Å². The Labute approximate surface area is 145 Å². The Balaban J connectivity index is 1.96. The zero-order valence-electron chi connectivity index (χ0n) is 12.7. The minimum atomic E-state index is -3.21. The highest BCUT2D eigenvalue weighted by Crippen LogP contribution is 2.39. The number of nitrogen functional groups attached to an aromatic ring is 1. The average Bonchev–Trinajstić information content (AvgIpc) is 2.87. The molecule has 7 heteroatoms. The van der Waals surface area contributed by atoms with Gasteiger partial charge in [-0.1, -0.05) is 0 Å². The number of pyridine rings is 1. The number of hydrogen-bond acceptors (Lipinski definition) is 6. The van der Waals surface area contributed by atoms with Gasteiger partial charge in [-0.2, -0.15) is 0 Å². The number of thiol groups is 1. The Kier molecular flexibility index (Phi) is 3.43. The van der Waals surface area contributed by atoms with Crippen molar-refractivity contribution in [2.45, 2.75) is 16.2 Å². The van der Waals surface area contributed by atoms with Gasteiger partial charge in [0, 0.05) is 16.0 Å². The zero-order chi connectivity index (χ0) is 16.9. The van der Waals surface area contributed by atoms with Crippen molar-refractivity contribution in [3.05, 3.63) is 48.2 Å². The molecule has 1 aliphatic rings. The van der Waals surface area contributed by atoms with Gasteiger partial charge < -0.3 is 11.1 Å². The zero-order valence-corrected chi connectivity index (χ0v) is 14.4. The first kappa shape index (κ1) is 15.3. The first-order valence-electron chi connectivity index (χ1n) is 7.44. The molecule has 3 N–H and O–H groups in total. The fourth-order valence-corrected chi connectivity index (χ4v) is 4.76. The van der Waals surface area contributed by atoms with Crippen molar-refractivity contribution in [1.29, 1.82) is 0 Å². The molecule has 0 spiro atoms. The van der Waals surface area contributed by atoms with Crippen LogP contribution in [0.5, 0.6) is 0 Å². The molecular formula is C17H15N3O2S2. The number of aryl methyl sites for hydroxylation is 1. The first-order chi connectivity index (χ1) is 11.5. The molecule has 0 amide bonds. The normalized spacial score (nSPS) is 15.4. The van der Waals surface area contributed by atoms with Crippen molar-refractivity contribution in [3.63, 3.8) is 0 Å². The summed E-state index contributed by atoms with van der Waals surface area (Å²) in [6, 6.07) is 10.9. The van der Waals surface area contributed by atoms with Crippen molar-refractivity contribution < 1.29 is 8.42 Å². The molecule has 0 fully saturated rings. The van der Waals surface area contributed by atoms with E-state index < -0.39 is 9.84 Å². The quantitative estimate of drug-likeness (QED) is 0.614. The molecule has 24 heavy (non-hydrogen) atoms. The van der Waals surface area contributed by atoms with Gasteiger partial charge in [0.2, 0.25) is 0 Å². The standard InChI is InChI=1S/C17H15N3O2S2/c18-13-9-19-14-5-6-15-12(7-8-24(15,21)22)16(14)17(13)20-10-1-3-11(23)4-2-10/h1-6,9,23H,7-8,18H2,(H,19,20). The second-order valence-corrected chi connectivity index (χ2v) is 8.36. The first-order valence-corrected chi connectivity index (χ1v) is 9.54. The predicted octanol–water partition coefficient (Wildman–Crippen LogP) is 3.18. The summed E-state index contributed by atoms with van der Waals surface area (Å²) < 4.78 is 24.4. The molecule has 1 aromatic heterocycles. The summed E-state index contributed by atoms with van der Waals surface area (Å²) in [5.74, 6) is 0.129. The van der Waals surface area contributed by atoms with Crippen LogP contribution in [0.15, 0.2) is 52.4 Å². The number of benzene rings is 2. The molecule has 0 saturated carbocycles. The fraction of sp³-hybridized carbons (Fsp3) is 0.118. The Morgan fingerprint density at radius 2 is 1.88 bits per heavy atom. The van der Waals surface area contributed by atoms with Crippen LogP contribution in [0.25, 0.3) is 10.9 Å². The van der Waals surface area contributed by atoms with E-state index in [1.54, 1.807) is 18.3 Å². The topological polar surface area (TPSA) is 85.1 Å². The van der Waals surface area contributed by atoms with Crippen LogP contribution in [0.1, 0.15) is 5.56 Å². The predicted molar refractivity (Wildman–Crippen MR) is 98.9 cm³/mol. The smallest absolute Gasteiger partial charge is 0.179 e. The van der Waals surface area contributed by atoms with Gasteiger partial charge in [0.05, 0.1) is 33.7 Å². The monoisotopic (exact) mass is 357 g/mol. The van der Waals surface area contributed by atoms with E-state index in [0.717, 1.165) is 27.0 Å². The summed E-state index contributed by atoms with van der Waals surface area (Å²) in [6.07, 6.45) is 2.07. The second kappa shape index (κ2) is 5.39. The molecule has 3 aromatic rings. The molecule has 0 radical (unpaired) electrons. The summed E-state index contributed by atoms with van der Waals surface area (Å²) in [6.45, 7) is 0. The summed E-state index contributed by atoms with van der Waals surface area (Å²) in [5.41, 5.74) is 9.69. The van der Waals surface area contributed by atoms with E-state index in [9.17, 15) is 8.42 Å². The van der Waals surface area contributed by atoms with E-state index in [-0.39, 0.29) is 5.75 Å². The average molecular weight is 357 g/mol. The van der Waals surface area contributed by atoms with E-state index in [1.165, 1.54) is 0 Å². The Morgan fingerprint density at radius 1 is 1.12 bits per heavy atom. The van der Waals surface area contributed by atoms with E-state index in [4.69, 9.17) is 5.73 Å². The number of nitrogens with two attached hydrogens (primary N) is 1. The van der Waals surface area contributed by atoms with Gasteiger partial charge in [-0.25, -0.2) is 8.42 Å². The van der Waals surface area contributed by atoms with Crippen LogP contribution in [-0.4, -0.2) is 19.2 Å². The van der Waals surface area contributed by atoms with Crippen molar-refractivity contribution in [1.82, 2.24) is 4.98 Å². The molecule has 0 saturated heterocycles. The molecule has 4 rings (SSSR count). The minimum absolute atomic E-state index is 0.129. The minimum Gasteiger partial charge on any atom is -0.396 e. The summed E-state index contributed by atoms with van der Waals surface area (Å²) in [5, 5.41) is 4.09.